The maximum atomic E-state index is 12.1. The Morgan fingerprint density at radius 2 is 1.67 bits per heavy atom. The molecule has 14 nitrogen and oxygen atoms in total. The molecule has 0 radical (unpaired) electrons. The van der Waals surface area contributed by atoms with E-state index in [0.717, 1.165) is 18.4 Å². The highest BCUT2D eigenvalue weighted by Gasteiger charge is 2.40. The van der Waals surface area contributed by atoms with E-state index in [2.05, 4.69) is 42.0 Å². The third kappa shape index (κ3) is 19.3. The lowest BCUT2D eigenvalue weighted by Crippen LogP contribution is -2.45. The van der Waals surface area contributed by atoms with Gasteiger partial charge in [0.2, 0.25) is 23.6 Å². The Labute approximate surface area is 286 Å². The lowest BCUT2D eigenvalue weighted by atomic mass is 9.94. The number of nitrogens with zero attached hydrogens (tertiary/aromatic N) is 2. The van der Waals surface area contributed by atoms with E-state index in [1.807, 2.05) is 27.7 Å². The van der Waals surface area contributed by atoms with E-state index in [-0.39, 0.29) is 56.1 Å². The highest BCUT2D eigenvalue weighted by atomic mass is 16.7. The van der Waals surface area contributed by atoms with E-state index in [1.165, 1.54) is 11.3 Å². The first-order chi connectivity index (χ1) is 22.7. The van der Waals surface area contributed by atoms with Gasteiger partial charge in [-0.2, -0.15) is 5.06 Å². The van der Waals surface area contributed by atoms with Crippen LogP contribution in [0.3, 0.4) is 0 Å². The topological polar surface area (TPSA) is 179 Å². The quantitative estimate of drug-likeness (QED) is 0.0707. The van der Waals surface area contributed by atoms with Gasteiger partial charge in [0.05, 0.1) is 19.9 Å². The van der Waals surface area contributed by atoms with Crippen LogP contribution in [0, 0.1) is 17.8 Å². The van der Waals surface area contributed by atoms with Crippen LogP contribution in [-0.2, 0) is 35.4 Å². The molecule has 2 atom stereocenters. The van der Waals surface area contributed by atoms with Gasteiger partial charge in [-0.3, -0.25) is 34.2 Å². The maximum Gasteiger partial charge on any atom is 0.407 e. The standard InChI is InChI=1S/C18H28N4O5.C13H24N2O3.C3H8/c1-12(2)8-20-18(26)27-10-14-4-6-15(7-5-14)22-17(25)13(3)21-16(24)9-19-11-23;1-5-6-7-18-14(4)9-15-12(16)8-11(10(2)3)13(15)17;1-3-2/h4-7,12-13,19,23H,8-11H2,1-3H3,(H,20,26)(H,21,24)(H,22,25);10-11H,5-9H2,1-4H3;3H2,1-2H3. The number of rotatable bonds is 17. The number of hydrogen-bond acceptors (Lipinski definition) is 10. The highest BCUT2D eigenvalue weighted by Crippen LogP contribution is 2.26. The van der Waals surface area contributed by atoms with Crippen molar-refractivity contribution in [1.82, 2.24) is 25.9 Å². The molecule has 5 amide bonds. The number of unbranched alkanes of at least 4 members (excludes halogenated alkanes) is 1. The van der Waals surface area contributed by atoms with Crippen molar-refractivity contribution in [3.8, 4) is 0 Å². The summed E-state index contributed by atoms with van der Waals surface area (Å²) in [6, 6.07) is 6.11. The molecule has 1 aliphatic heterocycles. The Hall–Kier alpha value is -3.59. The van der Waals surface area contributed by atoms with Crippen molar-refractivity contribution in [2.75, 3.05) is 45.5 Å². The van der Waals surface area contributed by atoms with Crippen LogP contribution in [0.15, 0.2) is 24.3 Å². The fraction of sp³-hybridized carbons (Fsp3) is 0.676. The molecule has 5 N–H and O–H groups in total. The molecule has 48 heavy (non-hydrogen) atoms. The van der Waals surface area contributed by atoms with Crippen molar-refractivity contribution in [3.63, 3.8) is 0 Å². The number of likely N-dealkylation sites (tertiary alicyclic amines) is 1. The number of nitrogens with one attached hydrogen (secondary N) is 4. The Morgan fingerprint density at radius 1 is 1.04 bits per heavy atom. The number of carbonyl (C=O) groups excluding carboxylic acids is 5. The number of hydroxylamine groups is 2. The lowest BCUT2D eigenvalue weighted by Gasteiger charge is -2.23. The summed E-state index contributed by atoms with van der Waals surface area (Å²) in [5.74, 6) is -0.539. The van der Waals surface area contributed by atoms with Crippen molar-refractivity contribution in [2.45, 2.75) is 93.7 Å². The fourth-order valence-electron chi connectivity index (χ4n) is 3.93. The average molecular weight is 681 g/mol. The number of anilines is 1. The van der Waals surface area contributed by atoms with Gasteiger partial charge in [-0.25, -0.2) is 4.79 Å². The molecule has 14 heteroatoms. The summed E-state index contributed by atoms with van der Waals surface area (Å²) < 4.78 is 5.11. The maximum absolute atomic E-state index is 12.1. The summed E-state index contributed by atoms with van der Waals surface area (Å²) >= 11 is 0. The van der Waals surface area contributed by atoms with Gasteiger partial charge >= 0.3 is 6.09 Å². The number of amides is 5. The summed E-state index contributed by atoms with van der Waals surface area (Å²) in [5.41, 5.74) is 1.34. The molecule has 0 saturated carbocycles. The van der Waals surface area contributed by atoms with Crippen molar-refractivity contribution >= 4 is 35.4 Å². The molecule has 0 bridgehead atoms. The van der Waals surface area contributed by atoms with Gasteiger partial charge in [0.1, 0.15) is 19.3 Å². The van der Waals surface area contributed by atoms with Gasteiger partial charge in [0, 0.05) is 31.6 Å². The Morgan fingerprint density at radius 3 is 2.19 bits per heavy atom. The molecule has 274 valence electrons. The molecule has 0 aromatic heterocycles. The number of aliphatic hydroxyl groups is 1. The van der Waals surface area contributed by atoms with Crippen molar-refractivity contribution in [1.29, 1.82) is 0 Å². The third-order valence-electron chi connectivity index (χ3n) is 6.65. The van der Waals surface area contributed by atoms with Gasteiger partial charge in [-0.15, -0.1) is 0 Å². The summed E-state index contributed by atoms with van der Waals surface area (Å²) in [6.45, 7) is 17.0. The first-order valence-electron chi connectivity index (χ1n) is 16.8. The van der Waals surface area contributed by atoms with E-state index in [9.17, 15) is 24.0 Å². The zero-order chi connectivity index (χ0) is 36.6. The summed E-state index contributed by atoms with van der Waals surface area (Å²) in [4.78, 5) is 65.7. The molecule has 2 rings (SSSR count). The smallest absolute Gasteiger partial charge is 0.407 e. The molecule has 1 aliphatic rings. The lowest BCUT2D eigenvalue weighted by molar-refractivity contribution is -0.176. The minimum absolute atomic E-state index is 0.0686. The summed E-state index contributed by atoms with van der Waals surface area (Å²) in [7, 11) is 1.75. The second-order valence-electron chi connectivity index (χ2n) is 12.3. The van der Waals surface area contributed by atoms with Crippen LogP contribution in [-0.4, -0.2) is 91.0 Å². The van der Waals surface area contributed by atoms with Crippen LogP contribution in [0.4, 0.5) is 10.5 Å². The molecule has 1 fully saturated rings. The zero-order valence-corrected chi connectivity index (χ0v) is 30.4. The van der Waals surface area contributed by atoms with Crippen LogP contribution in [0.1, 0.15) is 86.6 Å². The highest BCUT2D eigenvalue weighted by molar-refractivity contribution is 6.03. The number of aliphatic hydroxyl groups excluding tert-OH is 1. The van der Waals surface area contributed by atoms with E-state index in [0.29, 0.717) is 31.2 Å². The monoisotopic (exact) mass is 680 g/mol. The normalized spacial score (nSPS) is 14.6. The average Bonchev–Trinajstić information content (AvgIpc) is 3.31. The molecule has 1 saturated heterocycles. The SMILES string of the molecule is CC(C)CNC(=O)OCc1ccc(NC(=O)C(C)NC(=O)CNCO)cc1.CCC.CCCCON(C)CN1C(=O)CC(C(C)C)C1=O. The van der Waals surface area contributed by atoms with Crippen LogP contribution in [0.25, 0.3) is 0 Å². The molecule has 2 unspecified atom stereocenters. The second kappa shape index (κ2) is 25.4. The largest absolute Gasteiger partial charge is 0.445 e. The number of imide groups is 1. The molecule has 1 heterocycles. The molecule has 1 aromatic rings. The predicted molar refractivity (Wildman–Crippen MR) is 185 cm³/mol. The van der Waals surface area contributed by atoms with E-state index < -0.39 is 18.0 Å². The molecular weight excluding hydrogens is 620 g/mol. The van der Waals surface area contributed by atoms with Crippen molar-refractivity contribution in [2.24, 2.45) is 17.8 Å². The summed E-state index contributed by atoms with van der Waals surface area (Å²) in [6.07, 6.45) is 3.15. The molecule has 1 aromatic carbocycles. The first-order valence-corrected chi connectivity index (χ1v) is 16.8. The van der Waals surface area contributed by atoms with E-state index in [1.54, 1.807) is 43.3 Å². The number of carbonyl (C=O) groups is 5. The zero-order valence-electron chi connectivity index (χ0n) is 30.4. The molecule has 0 aliphatic carbocycles. The molecular formula is C34H60N6O8. The number of alkyl carbamates (subject to hydrolysis) is 1. The Balaban J connectivity index is 0.000000907. The van der Waals surface area contributed by atoms with Crippen LogP contribution < -0.4 is 21.3 Å². The van der Waals surface area contributed by atoms with E-state index >= 15 is 0 Å². The Bertz CT molecular complexity index is 1100. The van der Waals surface area contributed by atoms with Gasteiger partial charge in [-0.1, -0.05) is 73.4 Å². The van der Waals surface area contributed by atoms with Crippen molar-refractivity contribution < 1.29 is 38.7 Å². The molecule has 0 spiro atoms. The first kappa shape index (κ1) is 44.4. The van der Waals surface area contributed by atoms with Crippen molar-refractivity contribution in [3.05, 3.63) is 29.8 Å². The van der Waals surface area contributed by atoms with Crippen LogP contribution >= 0.6 is 0 Å². The van der Waals surface area contributed by atoms with Gasteiger partial charge in [-0.05, 0) is 42.9 Å². The number of ether oxygens (including phenoxy) is 1. The van der Waals surface area contributed by atoms with Gasteiger partial charge < -0.3 is 25.8 Å². The minimum Gasteiger partial charge on any atom is -0.445 e. The number of hydrogen-bond donors (Lipinski definition) is 5. The second-order valence-corrected chi connectivity index (χ2v) is 12.3. The van der Waals surface area contributed by atoms with Crippen LogP contribution in [0.2, 0.25) is 0 Å². The Kier molecular flexibility index (Phi) is 23.5. The third-order valence-corrected chi connectivity index (χ3v) is 6.65. The van der Waals surface area contributed by atoms with Gasteiger partial charge in [0.25, 0.3) is 0 Å². The van der Waals surface area contributed by atoms with E-state index in [4.69, 9.17) is 14.7 Å². The van der Waals surface area contributed by atoms with Gasteiger partial charge in [0.15, 0.2) is 0 Å². The number of benzene rings is 1. The summed E-state index contributed by atoms with van der Waals surface area (Å²) in [5, 5.41) is 20.5. The predicted octanol–water partition coefficient (Wildman–Crippen LogP) is 3.61. The minimum atomic E-state index is -0.731. The van der Waals surface area contributed by atoms with Crippen LogP contribution in [0.5, 0.6) is 0 Å². The fourth-order valence-corrected chi connectivity index (χ4v) is 3.93.